The topological polar surface area (TPSA) is 40.5 Å². The maximum absolute atomic E-state index is 9.95. The summed E-state index contributed by atoms with van der Waals surface area (Å²) in [6, 6.07) is 0. The van der Waals surface area contributed by atoms with Crippen LogP contribution >= 0.6 is 0 Å². The van der Waals surface area contributed by atoms with Crippen molar-refractivity contribution in [1.29, 1.82) is 0 Å². The maximum Gasteiger partial charge on any atom is 0.0749 e. The Bertz CT molecular complexity index is 193. The lowest BCUT2D eigenvalue weighted by Crippen LogP contribution is -2.20. The summed E-state index contributed by atoms with van der Waals surface area (Å²) in [6.07, 6.45) is 12.7. The molecule has 0 unspecified atom stereocenters. The molecule has 2 N–H and O–H groups in total. The van der Waals surface area contributed by atoms with E-state index in [4.69, 9.17) is 5.11 Å². The molecule has 2 nitrogen and oxygen atoms in total. The van der Waals surface area contributed by atoms with Gasteiger partial charge in [-0.25, -0.2) is 0 Å². The predicted molar refractivity (Wildman–Crippen MR) is 67.3 cm³/mol. The third-order valence-corrected chi connectivity index (χ3v) is 3.46. The molecule has 94 valence electrons. The van der Waals surface area contributed by atoms with E-state index in [1.165, 1.54) is 32.1 Å². The van der Waals surface area contributed by atoms with Gasteiger partial charge in [0.15, 0.2) is 0 Å². The summed E-state index contributed by atoms with van der Waals surface area (Å²) >= 11 is 0. The van der Waals surface area contributed by atoms with Crippen molar-refractivity contribution in [2.24, 2.45) is 5.92 Å². The zero-order valence-corrected chi connectivity index (χ0v) is 10.4. The average Bonchev–Trinajstić information content (AvgIpc) is 2.29. The molecule has 0 aromatic rings. The summed E-state index contributed by atoms with van der Waals surface area (Å²) in [4.78, 5) is 0. The fourth-order valence-electron chi connectivity index (χ4n) is 2.40. The molecule has 0 aliphatic heterocycles. The first kappa shape index (κ1) is 13.7. The van der Waals surface area contributed by atoms with Crippen molar-refractivity contribution in [2.45, 2.75) is 70.5 Å². The molecular weight excluding hydrogens is 200 g/mol. The van der Waals surface area contributed by atoms with Gasteiger partial charge in [-0.2, -0.15) is 0 Å². The van der Waals surface area contributed by atoms with Crippen LogP contribution in [0.3, 0.4) is 0 Å². The van der Waals surface area contributed by atoms with Gasteiger partial charge in [-0.05, 0) is 44.9 Å². The predicted octanol–water partition coefficient (Wildman–Crippen LogP) is 3.03. The number of rotatable bonds is 6. The van der Waals surface area contributed by atoms with Crippen LogP contribution in [0.5, 0.6) is 0 Å². The first-order valence-corrected chi connectivity index (χ1v) is 6.73. The van der Waals surface area contributed by atoms with Crippen LogP contribution in [0.4, 0.5) is 0 Å². The lowest BCUT2D eigenvalue weighted by Gasteiger charge is -2.24. The van der Waals surface area contributed by atoms with Crippen LogP contribution in [-0.2, 0) is 0 Å². The van der Waals surface area contributed by atoms with E-state index in [9.17, 15) is 5.11 Å². The fourth-order valence-corrected chi connectivity index (χ4v) is 2.40. The standard InChI is InChI=1S/C14H26O2/c1-12(15)8-4-2-7-11-14(16)13-9-5-3-6-10-13/h7,11-16H,2-6,8-10H2,1H3/b11-7+/t12-,14-/m0/s1. The highest BCUT2D eigenvalue weighted by Crippen LogP contribution is 2.26. The quantitative estimate of drug-likeness (QED) is 0.540. The SMILES string of the molecule is C[C@H](O)CCC/C=C/[C@H](O)C1CCCCC1. The third kappa shape index (κ3) is 5.66. The monoisotopic (exact) mass is 226 g/mol. The van der Waals surface area contributed by atoms with Gasteiger partial charge in [0.1, 0.15) is 0 Å². The summed E-state index contributed by atoms with van der Waals surface area (Å²) in [5, 5.41) is 19.0. The molecule has 0 amide bonds. The first-order valence-electron chi connectivity index (χ1n) is 6.73. The number of aliphatic hydroxyl groups is 2. The largest absolute Gasteiger partial charge is 0.393 e. The van der Waals surface area contributed by atoms with Crippen LogP contribution < -0.4 is 0 Å². The van der Waals surface area contributed by atoms with Crippen molar-refractivity contribution in [3.63, 3.8) is 0 Å². The molecule has 16 heavy (non-hydrogen) atoms. The van der Waals surface area contributed by atoms with Gasteiger partial charge in [-0.15, -0.1) is 0 Å². The summed E-state index contributed by atoms with van der Waals surface area (Å²) in [5.74, 6) is 0.488. The number of allylic oxidation sites excluding steroid dienone is 1. The normalized spacial score (nSPS) is 22.4. The number of unbranched alkanes of at least 4 members (excludes halogenated alkanes) is 1. The summed E-state index contributed by atoms with van der Waals surface area (Å²) in [6.45, 7) is 1.82. The summed E-state index contributed by atoms with van der Waals surface area (Å²) in [5.41, 5.74) is 0. The summed E-state index contributed by atoms with van der Waals surface area (Å²) < 4.78 is 0. The van der Waals surface area contributed by atoms with E-state index in [0.29, 0.717) is 5.92 Å². The van der Waals surface area contributed by atoms with E-state index in [1.54, 1.807) is 0 Å². The minimum atomic E-state index is -0.244. The van der Waals surface area contributed by atoms with E-state index < -0.39 is 0 Å². The van der Waals surface area contributed by atoms with Crippen molar-refractivity contribution < 1.29 is 10.2 Å². The Kier molecular flexibility index (Phi) is 6.74. The van der Waals surface area contributed by atoms with Crippen molar-refractivity contribution in [3.8, 4) is 0 Å². The van der Waals surface area contributed by atoms with Crippen LogP contribution in [0.15, 0.2) is 12.2 Å². The molecule has 1 aliphatic rings. The van der Waals surface area contributed by atoms with Gasteiger partial charge in [-0.3, -0.25) is 0 Å². The third-order valence-electron chi connectivity index (χ3n) is 3.46. The first-order chi connectivity index (χ1) is 7.70. The van der Waals surface area contributed by atoms with Gasteiger partial charge >= 0.3 is 0 Å². The van der Waals surface area contributed by atoms with Crippen molar-refractivity contribution >= 4 is 0 Å². The van der Waals surface area contributed by atoms with Crippen LogP contribution in [0.25, 0.3) is 0 Å². The Hall–Kier alpha value is -0.340. The van der Waals surface area contributed by atoms with E-state index in [1.807, 2.05) is 13.0 Å². The summed E-state index contributed by atoms with van der Waals surface area (Å²) in [7, 11) is 0. The minimum Gasteiger partial charge on any atom is -0.393 e. The highest BCUT2D eigenvalue weighted by atomic mass is 16.3. The van der Waals surface area contributed by atoms with E-state index in [0.717, 1.165) is 19.3 Å². The molecule has 0 radical (unpaired) electrons. The second-order valence-corrected chi connectivity index (χ2v) is 5.10. The molecule has 0 saturated heterocycles. The zero-order valence-electron chi connectivity index (χ0n) is 10.4. The minimum absolute atomic E-state index is 0.198. The molecule has 1 saturated carbocycles. The molecule has 1 aliphatic carbocycles. The van der Waals surface area contributed by atoms with Gasteiger partial charge in [-0.1, -0.05) is 31.4 Å². The van der Waals surface area contributed by atoms with E-state index in [-0.39, 0.29) is 12.2 Å². The van der Waals surface area contributed by atoms with Crippen molar-refractivity contribution in [2.75, 3.05) is 0 Å². The Morgan fingerprint density at radius 1 is 1.19 bits per heavy atom. The second kappa shape index (κ2) is 7.86. The van der Waals surface area contributed by atoms with Crippen LogP contribution in [0, 0.1) is 5.92 Å². The lowest BCUT2D eigenvalue weighted by atomic mass is 9.85. The molecular formula is C14H26O2. The number of hydrogen-bond donors (Lipinski definition) is 2. The molecule has 0 aromatic heterocycles. The Morgan fingerprint density at radius 2 is 1.88 bits per heavy atom. The van der Waals surface area contributed by atoms with Gasteiger partial charge in [0.05, 0.1) is 12.2 Å². The Morgan fingerprint density at radius 3 is 2.50 bits per heavy atom. The molecule has 0 bridgehead atoms. The van der Waals surface area contributed by atoms with E-state index >= 15 is 0 Å². The Labute approximate surface area is 99.4 Å². The lowest BCUT2D eigenvalue weighted by molar-refractivity contribution is 0.125. The van der Waals surface area contributed by atoms with Gasteiger partial charge in [0.2, 0.25) is 0 Å². The molecule has 0 aromatic carbocycles. The highest BCUT2D eigenvalue weighted by molar-refractivity contribution is 4.92. The second-order valence-electron chi connectivity index (χ2n) is 5.10. The van der Waals surface area contributed by atoms with Gasteiger partial charge in [0.25, 0.3) is 0 Å². The number of hydrogen-bond acceptors (Lipinski definition) is 2. The van der Waals surface area contributed by atoms with Crippen LogP contribution in [0.2, 0.25) is 0 Å². The molecule has 0 heterocycles. The van der Waals surface area contributed by atoms with Crippen LogP contribution in [-0.4, -0.2) is 22.4 Å². The van der Waals surface area contributed by atoms with Crippen LogP contribution in [0.1, 0.15) is 58.3 Å². The molecule has 2 atom stereocenters. The molecule has 1 rings (SSSR count). The Balaban J connectivity index is 2.12. The molecule has 0 spiro atoms. The molecule has 2 heteroatoms. The maximum atomic E-state index is 9.95. The van der Waals surface area contributed by atoms with Gasteiger partial charge in [0, 0.05) is 0 Å². The fraction of sp³-hybridized carbons (Fsp3) is 0.857. The van der Waals surface area contributed by atoms with Crippen molar-refractivity contribution in [1.82, 2.24) is 0 Å². The van der Waals surface area contributed by atoms with Gasteiger partial charge < -0.3 is 10.2 Å². The highest BCUT2D eigenvalue weighted by Gasteiger charge is 2.18. The zero-order chi connectivity index (χ0) is 11.8. The van der Waals surface area contributed by atoms with E-state index in [2.05, 4.69) is 6.08 Å². The number of aliphatic hydroxyl groups excluding tert-OH is 2. The smallest absolute Gasteiger partial charge is 0.0749 e. The molecule has 1 fully saturated rings. The van der Waals surface area contributed by atoms with Crippen molar-refractivity contribution in [3.05, 3.63) is 12.2 Å². The average molecular weight is 226 g/mol.